The van der Waals surface area contributed by atoms with Crippen molar-refractivity contribution in [2.75, 3.05) is 44.8 Å². The molecule has 0 unspecified atom stereocenters. The Morgan fingerprint density at radius 1 is 1.08 bits per heavy atom. The number of nitro benzene ring substituents is 1. The second kappa shape index (κ2) is 10.4. The number of amides is 3. The van der Waals surface area contributed by atoms with Crippen LogP contribution in [0.4, 0.5) is 11.4 Å². The molecule has 2 aromatic carbocycles. The van der Waals surface area contributed by atoms with Gasteiger partial charge in [0.2, 0.25) is 10.0 Å². The number of benzene rings is 2. The third-order valence-electron chi connectivity index (χ3n) is 5.55. The number of hydrogen-bond donors (Lipinski definition) is 1. The summed E-state index contributed by atoms with van der Waals surface area (Å²) in [6.07, 6.45) is 0. The molecule has 0 bridgehead atoms. The Hall–Kier alpha value is -4.21. The van der Waals surface area contributed by atoms with Gasteiger partial charge < -0.3 is 14.8 Å². The van der Waals surface area contributed by atoms with E-state index in [1.165, 1.54) is 40.7 Å². The van der Waals surface area contributed by atoms with Crippen LogP contribution in [0.15, 0.2) is 47.4 Å². The van der Waals surface area contributed by atoms with Crippen LogP contribution < -0.4 is 5.32 Å². The van der Waals surface area contributed by atoms with Crippen LogP contribution >= 0.6 is 0 Å². The fraction of sp³-hybridized carbons (Fsp3) is 0.273. The number of sulfonamides is 1. The standard InChI is InChI=1S/C22H20N4O10S/c27-18(23-14-3-1-4-15(11-14)37(33,34)24-7-9-35-10-8-24)13-36-19(28)12-25-21(29)16-5-2-6-17(26(31)32)20(16)22(25)30/h1-6,11H,7-10,12-13H2,(H,23,27). The number of anilines is 1. The first-order valence-electron chi connectivity index (χ1n) is 10.9. The van der Waals surface area contributed by atoms with Crippen molar-refractivity contribution in [2.45, 2.75) is 4.90 Å². The summed E-state index contributed by atoms with van der Waals surface area (Å²) in [4.78, 5) is 60.3. The monoisotopic (exact) mass is 532 g/mol. The maximum absolute atomic E-state index is 12.8. The molecule has 1 N–H and O–H groups in total. The first-order chi connectivity index (χ1) is 17.6. The van der Waals surface area contributed by atoms with Gasteiger partial charge in [0, 0.05) is 24.8 Å². The topological polar surface area (TPSA) is 183 Å². The van der Waals surface area contributed by atoms with Crippen LogP contribution in [0.2, 0.25) is 0 Å². The first kappa shape index (κ1) is 25.9. The fourth-order valence-electron chi connectivity index (χ4n) is 3.80. The summed E-state index contributed by atoms with van der Waals surface area (Å²) in [6, 6.07) is 9.07. The quantitative estimate of drug-likeness (QED) is 0.216. The molecule has 2 heterocycles. The van der Waals surface area contributed by atoms with Crippen LogP contribution in [0.25, 0.3) is 0 Å². The van der Waals surface area contributed by atoms with E-state index in [1.54, 1.807) is 0 Å². The lowest BCUT2D eigenvalue weighted by atomic mass is 10.1. The van der Waals surface area contributed by atoms with Crippen molar-refractivity contribution in [1.29, 1.82) is 0 Å². The van der Waals surface area contributed by atoms with Gasteiger partial charge in [-0.1, -0.05) is 12.1 Å². The molecule has 3 amide bonds. The number of nitro groups is 1. The van der Waals surface area contributed by atoms with E-state index < -0.39 is 63.0 Å². The summed E-state index contributed by atoms with van der Waals surface area (Å²) in [6.45, 7) is -0.686. The fourth-order valence-corrected chi connectivity index (χ4v) is 5.25. The van der Waals surface area contributed by atoms with Gasteiger partial charge in [0.05, 0.1) is 28.6 Å². The molecule has 4 rings (SSSR count). The summed E-state index contributed by atoms with van der Waals surface area (Å²) >= 11 is 0. The molecule has 1 fully saturated rings. The van der Waals surface area contributed by atoms with Crippen molar-refractivity contribution in [1.82, 2.24) is 9.21 Å². The van der Waals surface area contributed by atoms with E-state index in [2.05, 4.69) is 5.32 Å². The zero-order valence-electron chi connectivity index (χ0n) is 19.1. The van der Waals surface area contributed by atoms with Gasteiger partial charge in [0.25, 0.3) is 23.4 Å². The highest BCUT2D eigenvalue weighted by Crippen LogP contribution is 2.30. The number of hydrogen-bond acceptors (Lipinski definition) is 10. The number of carbonyl (C=O) groups is 4. The molecule has 0 aromatic heterocycles. The average Bonchev–Trinajstić information content (AvgIpc) is 3.13. The summed E-state index contributed by atoms with van der Waals surface area (Å²) in [7, 11) is -3.80. The van der Waals surface area contributed by atoms with Crippen molar-refractivity contribution >= 4 is 45.1 Å². The molecule has 0 atom stereocenters. The van der Waals surface area contributed by atoms with Crippen LogP contribution in [0, 0.1) is 10.1 Å². The summed E-state index contributed by atoms with van der Waals surface area (Å²) in [5.74, 6) is -3.82. The van der Waals surface area contributed by atoms with Gasteiger partial charge in [-0.15, -0.1) is 0 Å². The second-order valence-electron chi connectivity index (χ2n) is 7.91. The molecule has 0 saturated carbocycles. The number of rotatable bonds is 8. The Kier molecular flexibility index (Phi) is 7.28. The Morgan fingerprint density at radius 3 is 2.49 bits per heavy atom. The minimum absolute atomic E-state index is 0.0380. The van der Waals surface area contributed by atoms with Gasteiger partial charge >= 0.3 is 5.97 Å². The maximum Gasteiger partial charge on any atom is 0.326 e. The van der Waals surface area contributed by atoms with Gasteiger partial charge in [0.15, 0.2) is 6.61 Å². The molecular weight excluding hydrogens is 512 g/mol. The van der Waals surface area contributed by atoms with Crippen LogP contribution in [0.1, 0.15) is 20.7 Å². The largest absolute Gasteiger partial charge is 0.454 e. The lowest BCUT2D eigenvalue weighted by molar-refractivity contribution is -0.385. The molecule has 0 spiro atoms. The lowest BCUT2D eigenvalue weighted by Gasteiger charge is -2.26. The van der Waals surface area contributed by atoms with Gasteiger partial charge in [-0.2, -0.15) is 4.31 Å². The number of imide groups is 1. The Morgan fingerprint density at radius 2 is 1.78 bits per heavy atom. The molecule has 37 heavy (non-hydrogen) atoms. The van der Waals surface area contributed by atoms with Gasteiger partial charge in [-0.05, 0) is 24.3 Å². The van der Waals surface area contributed by atoms with E-state index in [1.807, 2.05) is 0 Å². The van der Waals surface area contributed by atoms with E-state index >= 15 is 0 Å². The minimum atomic E-state index is -3.80. The number of morpholine rings is 1. The highest BCUT2D eigenvalue weighted by Gasteiger charge is 2.42. The molecule has 0 aliphatic carbocycles. The molecule has 2 aliphatic heterocycles. The first-order valence-corrected chi connectivity index (χ1v) is 12.3. The average molecular weight is 532 g/mol. The molecule has 2 aromatic rings. The van der Waals surface area contributed by atoms with E-state index in [0.717, 1.165) is 6.07 Å². The predicted molar refractivity (Wildman–Crippen MR) is 124 cm³/mol. The van der Waals surface area contributed by atoms with Crippen LogP contribution in [-0.4, -0.2) is 85.7 Å². The van der Waals surface area contributed by atoms with E-state index in [9.17, 15) is 37.7 Å². The van der Waals surface area contributed by atoms with Crippen LogP contribution in [-0.2, 0) is 29.1 Å². The smallest absolute Gasteiger partial charge is 0.326 e. The summed E-state index contributed by atoms with van der Waals surface area (Å²) in [5.41, 5.74) is -1.06. The summed E-state index contributed by atoms with van der Waals surface area (Å²) < 4.78 is 36.8. The maximum atomic E-state index is 12.8. The lowest BCUT2D eigenvalue weighted by Crippen LogP contribution is -2.40. The van der Waals surface area contributed by atoms with Crippen molar-refractivity contribution in [2.24, 2.45) is 0 Å². The summed E-state index contributed by atoms with van der Waals surface area (Å²) in [5, 5.41) is 13.6. The molecule has 14 nitrogen and oxygen atoms in total. The SMILES string of the molecule is O=C(COC(=O)CN1C(=O)c2cccc([N+](=O)[O-])c2C1=O)Nc1cccc(S(=O)(=O)N2CCOCC2)c1. The third-order valence-corrected chi connectivity index (χ3v) is 7.45. The number of esters is 1. The van der Waals surface area contributed by atoms with Crippen molar-refractivity contribution < 1.29 is 42.0 Å². The molecule has 1 saturated heterocycles. The Bertz CT molecular complexity index is 1400. The number of ether oxygens (including phenoxy) is 2. The molecule has 0 radical (unpaired) electrons. The van der Waals surface area contributed by atoms with E-state index in [0.29, 0.717) is 4.90 Å². The van der Waals surface area contributed by atoms with Crippen LogP contribution in [0.3, 0.4) is 0 Å². The molecule has 2 aliphatic rings. The second-order valence-corrected chi connectivity index (χ2v) is 9.84. The van der Waals surface area contributed by atoms with Gasteiger partial charge in [0.1, 0.15) is 12.1 Å². The Balaban J connectivity index is 1.34. The Labute approximate surface area is 209 Å². The zero-order valence-corrected chi connectivity index (χ0v) is 19.9. The number of nitrogens with zero attached hydrogens (tertiary/aromatic N) is 3. The molecule has 15 heteroatoms. The highest BCUT2D eigenvalue weighted by molar-refractivity contribution is 7.89. The number of carbonyl (C=O) groups excluding carboxylic acids is 4. The zero-order chi connectivity index (χ0) is 26.7. The molecule has 194 valence electrons. The highest BCUT2D eigenvalue weighted by atomic mass is 32.2. The normalized spacial score (nSPS) is 15.8. The van der Waals surface area contributed by atoms with Gasteiger partial charge in [-0.25, -0.2) is 8.42 Å². The minimum Gasteiger partial charge on any atom is -0.454 e. The third kappa shape index (κ3) is 5.32. The van der Waals surface area contributed by atoms with Crippen molar-refractivity contribution in [3.8, 4) is 0 Å². The number of fused-ring (bicyclic) bond motifs is 1. The van der Waals surface area contributed by atoms with Crippen molar-refractivity contribution in [3.63, 3.8) is 0 Å². The van der Waals surface area contributed by atoms with Gasteiger partial charge in [-0.3, -0.25) is 34.2 Å². The van der Waals surface area contributed by atoms with Crippen LogP contribution in [0.5, 0.6) is 0 Å². The van der Waals surface area contributed by atoms with E-state index in [4.69, 9.17) is 9.47 Å². The molecular formula is C22H20N4O10S. The predicted octanol–water partition coefficient (Wildman–Crippen LogP) is 0.394. The van der Waals surface area contributed by atoms with Crippen molar-refractivity contribution in [3.05, 3.63) is 63.7 Å². The van der Waals surface area contributed by atoms with E-state index in [-0.39, 0.29) is 42.4 Å². The number of nitrogens with one attached hydrogen (secondary N) is 1.